The van der Waals surface area contributed by atoms with Crippen molar-refractivity contribution in [3.63, 3.8) is 0 Å². The van der Waals surface area contributed by atoms with Gasteiger partial charge in [0.2, 0.25) is 0 Å². The molecule has 0 spiro atoms. The number of rotatable bonds is 3. The highest BCUT2D eigenvalue weighted by atomic mass is 16.2. The second-order valence-electron chi connectivity index (χ2n) is 5.36. The summed E-state index contributed by atoms with van der Waals surface area (Å²) < 4.78 is 0. The normalized spacial score (nSPS) is 16.0. The molecule has 4 heteroatoms. The van der Waals surface area contributed by atoms with Crippen LogP contribution in [0.5, 0.6) is 0 Å². The zero-order valence-corrected chi connectivity index (χ0v) is 12.7. The van der Waals surface area contributed by atoms with Crippen LogP contribution < -0.4 is 5.32 Å². The van der Waals surface area contributed by atoms with Crippen molar-refractivity contribution in [2.75, 3.05) is 13.1 Å². The van der Waals surface area contributed by atoms with Gasteiger partial charge in [0.15, 0.2) is 5.78 Å². The number of ketones is 1. The average Bonchev–Trinajstić information content (AvgIpc) is 2.63. The minimum absolute atomic E-state index is 0.0927. The first kappa shape index (κ1) is 15.0. The molecule has 0 aromatic heterocycles. The van der Waals surface area contributed by atoms with Gasteiger partial charge < -0.3 is 5.32 Å². The fourth-order valence-electron chi connectivity index (χ4n) is 2.56. The van der Waals surface area contributed by atoms with E-state index in [2.05, 4.69) is 5.32 Å². The largest absolute Gasteiger partial charge is 0.371 e. The summed E-state index contributed by atoms with van der Waals surface area (Å²) in [6, 6.07) is 18.2. The molecule has 2 aromatic carbocycles. The molecule has 3 rings (SSSR count). The summed E-state index contributed by atoms with van der Waals surface area (Å²) in [6.07, 6.45) is 2.37. The maximum atomic E-state index is 12.7. The maximum Gasteiger partial charge on any atom is 0.259 e. The van der Waals surface area contributed by atoms with Crippen LogP contribution in [0.3, 0.4) is 0 Å². The van der Waals surface area contributed by atoms with E-state index in [1.54, 1.807) is 29.2 Å². The molecule has 116 valence electrons. The number of carbonyl (C=O) groups excluding carboxylic acids is 2. The van der Waals surface area contributed by atoms with E-state index in [4.69, 9.17) is 0 Å². The summed E-state index contributed by atoms with van der Waals surface area (Å²) in [6.45, 7) is 1.36. The molecule has 0 bridgehead atoms. The lowest BCUT2D eigenvalue weighted by Crippen LogP contribution is -2.43. The molecular formula is C19H18N2O2. The highest BCUT2D eigenvalue weighted by Gasteiger charge is 2.23. The third-order valence-corrected chi connectivity index (χ3v) is 3.75. The molecule has 1 saturated heterocycles. The Morgan fingerprint density at radius 1 is 0.913 bits per heavy atom. The van der Waals surface area contributed by atoms with Gasteiger partial charge in [0.05, 0.1) is 0 Å². The van der Waals surface area contributed by atoms with Gasteiger partial charge in [-0.3, -0.25) is 14.5 Å². The Labute approximate surface area is 135 Å². The minimum Gasteiger partial charge on any atom is -0.371 e. The van der Waals surface area contributed by atoms with Crippen molar-refractivity contribution in [2.24, 2.45) is 0 Å². The average molecular weight is 306 g/mol. The standard InChI is InChI=1S/C19H18N2O2/c22-17(15-8-3-1-4-9-15)14-18-20-12-7-13-21(18)19(23)16-10-5-2-6-11-16/h1-6,8-11,14,20H,7,12-13H2/b18-14+. The number of allylic oxidation sites excluding steroid dienone is 1. The molecule has 0 unspecified atom stereocenters. The van der Waals surface area contributed by atoms with Crippen molar-refractivity contribution in [1.29, 1.82) is 0 Å². The SMILES string of the molecule is O=C(/C=C1\NCCCN1C(=O)c1ccccc1)c1ccccc1. The van der Waals surface area contributed by atoms with E-state index in [-0.39, 0.29) is 11.7 Å². The predicted octanol–water partition coefficient (Wildman–Crippen LogP) is 2.85. The molecule has 0 atom stereocenters. The number of nitrogens with one attached hydrogen (secondary N) is 1. The van der Waals surface area contributed by atoms with Crippen LogP contribution in [-0.2, 0) is 0 Å². The van der Waals surface area contributed by atoms with Crippen molar-refractivity contribution in [3.8, 4) is 0 Å². The Bertz CT molecular complexity index is 724. The van der Waals surface area contributed by atoms with Crippen LogP contribution in [-0.4, -0.2) is 29.7 Å². The number of hydrogen-bond donors (Lipinski definition) is 1. The van der Waals surface area contributed by atoms with Gasteiger partial charge in [0.25, 0.3) is 5.91 Å². The van der Waals surface area contributed by atoms with Crippen LogP contribution in [0.1, 0.15) is 27.1 Å². The van der Waals surface area contributed by atoms with Crippen molar-refractivity contribution in [2.45, 2.75) is 6.42 Å². The molecule has 0 saturated carbocycles. The van der Waals surface area contributed by atoms with E-state index >= 15 is 0 Å². The van der Waals surface area contributed by atoms with Gasteiger partial charge in [0.1, 0.15) is 5.82 Å². The van der Waals surface area contributed by atoms with Gasteiger partial charge in [-0.2, -0.15) is 0 Å². The molecule has 1 aliphatic heterocycles. The lowest BCUT2D eigenvalue weighted by Gasteiger charge is -2.30. The summed E-state index contributed by atoms with van der Waals surface area (Å²) in [5, 5.41) is 3.17. The maximum absolute atomic E-state index is 12.7. The number of amides is 1. The molecule has 1 heterocycles. The molecule has 1 aliphatic rings. The number of benzene rings is 2. The van der Waals surface area contributed by atoms with Crippen molar-refractivity contribution in [3.05, 3.63) is 83.7 Å². The molecule has 23 heavy (non-hydrogen) atoms. The first-order chi connectivity index (χ1) is 11.3. The lowest BCUT2D eigenvalue weighted by molar-refractivity contribution is 0.0776. The van der Waals surface area contributed by atoms with E-state index in [1.165, 1.54) is 6.08 Å². The van der Waals surface area contributed by atoms with Crippen LogP contribution in [0.4, 0.5) is 0 Å². The smallest absolute Gasteiger partial charge is 0.259 e. The second-order valence-corrected chi connectivity index (χ2v) is 5.36. The third-order valence-electron chi connectivity index (χ3n) is 3.75. The Morgan fingerprint density at radius 3 is 2.17 bits per heavy atom. The van der Waals surface area contributed by atoms with E-state index in [0.29, 0.717) is 23.5 Å². The van der Waals surface area contributed by atoms with Gasteiger partial charge in [-0.25, -0.2) is 0 Å². The summed E-state index contributed by atoms with van der Waals surface area (Å²) in [7, 11) is 0. The Hall–Kier alpha value is -2.88. The van der Waals surface area contributed by atoms with Crippen LogP contribution in [0, 0.1) is 0 Å². The fourth-order valence-corrected chi connectivity index (χ4v) is 2.56. The van der Waals surface area contributed by atoms with Crippen LogP contribution >= 0.6 is 0 Å². The second kappa shape index (κ2) is 6.92. The molecule has 0 aliphatic carbocycles. The van der Waals surface area contributed by atoms with Gasteiger partial charge >= 0.3 is 0 Å². The first-order valence-electron chi connectivity index (χ1n) is 7.67. The zero-order chi connectivity index (χ0) is 16.1. The highest BCUT2D eigenvalue weighted by Crippen LogP contribution is 2.15. The van der Waals surface area contributed by atoms with E-state index in [0.717, 1.165) is 13.0 Å². The Kier molecular flexibility index (Phi) is 4.52. The van der Waals surface area contributed by atoms with Crippen molar-refractivity contribution in [1.82, 2.24) is 10.2 Å². The molecule has 1 amide bonds. The predicted molar refractivity (Wildman–Crippen MR) is 89.0 cm³/mol. The summed E-state index contributed by atoms with van der Waals surface area (Å²) in [5.41, 5.74) is 1.23. The summed E-state index contributed by atoms with van der Waals surface area (Å²) in [4.78, 5) is 26.7. The molecule has 1 fully saturated rings. The minimum atomic E-state index is -0.110. The molecule has 2 aromatic rings. The first-order valence-corrected chi connectivity index (χ1v) is 7.67. The summed E-state index contributed by atoms with van der Waals surface area (Å²) >= 11 is 0. The Balaban J connectivity index is 1.86. The molecule has 1 N–H and O–H groups in total. The van der Waals surface area contributed by atoms with Crippen molar-refractivity contribution >= 4 is 11.7 Å². The molecular weight excluding hydrogens is 288 g/mol. The van der Waals surface area contributed by atoms with Crippen LogP contribution in [0.15, 0.2) is 72.6 Å². The third kappa shape index (κ3) is 3.48. The Morgan fingerprint density at radius 2 is 1.52 bits per heavy atom. The molecule has 4 nitrogen and oxygen atoms in total. The van der Waals surface area contributed by atoms with Gasteiger partial charge in [-0.05, 0) is 18.6 Å². The lowest BCUT2D eigenvalue weighted by atomic mass is 10.1. The van der Waals surface area contributed by atoms with Crippen molar-refractivity contribution < 1.29 is 9.59 Å². The van der Waals surface area contributed by atoms with Crippen LogP contribution in [0.2, 0.25) is 0 Å². The van der Waals surface area contributed by atoms with E-state index in [1.807, 2.05) is 36.4 Å². The number of nitrogens with zero attached hydrogens (tertiary/aromatic N) is 1. The quantitative estimate of drug-likeness (QED) is 0.701. The monoisotopic (exact) mass is 306 g/mol. The van der Waals surface area contributed by atoms with Gasteiger partial charge in [-0.15, -0.1) is 0 Å². The van der Waals surface area contributed by atoms with Gasteiger partial charge in [0, 0.05) is 30.3 Å². The topological polar surface area (TPSA) is 49.4 Å². The fraction of sp³-hybridized carbons (Fsp3) is 0.158. The summed E-state index contributed by atoms with van der Waals surface area (Å²) in [5.74, 6) is 0.365. The molecule has 0 radical (unpaired) electrons. The van der Waals surface area contributed by atoms with Crippen LogP contribution in [0.25, 0.3) is 0 Å². The zero-order valence-electron chi connectivity index (χ0n) is 12.7. The van der Waals surface area contributed by atoms with E-state index in [9.17, 15) is 9.59 Å². The van der Waals surface area contributed by atoms with Gasteiger partial charge in [-0.1, -0.05) is 48.5 Å². The highest BCUT2D eigenvalue weighted by molar-refractivity contribution is 6.05. The number of carbonyl (C=O) groups is 2. The van der Waals surface area contributed by atoms with E-state index < -0.39 is 0 Å². The number of hydrogen-bond acceptors (Lipinski definition) is 3.